The Morgan fingerprint density at radius 3 is 2.66 bits per heavy atom. The van der Waals surface area contributed by atoms with Crippen LogP contribution in [0.1, 0.15) is 35.3 Å². The molecule has 0 atom stereocenters. The minimum absolute atomic E-state index is 0.0949. The second-order valence-corrected chi connectivity index (χ2v) is 7.46. The van der Waals surface area contributed by atoms with E-state index in [-0.39, 0.29) is 12.6 Å². The number of hydrogen-bond acceptors (Lipinski definition) is 5. The minimum atomic E-state index is -0.522. The highest BCUT2D eigenvalue weighted by Gasteiger charge is 2.27. The normalized spacial score (nSPS) is 14.4. The number of ether oxygens (including phenoxy) is 4. The van der Waals surface area contributed by atoms with Gasteiger partial charge in [-0.3, -0.25) is 4.79 Å². The predicted molar refractivity (Wildman–Crippen MR) is 114 cm³/mol. The van der Waals surface area contributed by atoms with Crippen LogP contribution in [0.15, 0.2) is 42.5 Å². The molecule has 152 valence electrons. The number of carbonyl (C=O) groups is 1. The van der Waals surface area contributed by atoms with E-state index >= 15 is 0 Å². The van der Waals surface area contributed by atoms with Crippen molar-refractivity contribution in [2.45, 2.75) is 19.4 Å². The molecule has 0 saturated heterocycles. The molecule has 0 aliphatic carbocycles. The van der Waals surface area contributed by atoms with Crippen LogP contribution in [0.4, 0.5) is 0 Å². The molecular weight excluding hydrogens is 392 g/mol. The maximum Gasteiger partial charge on any atom is 0.189 e. The lowest BCUT2D eigenvalue weighted by molar-refractivity contribution is 0.0510. The highest BCUT2D eigenvalue weighted by molar-refractivity contribution is 6.30. The maximum absolute atomic E-state index is 13.0. The summed E-state index contributed by atoms with van der Waals surface area (Å²) in [5, 5.41) is 0.541. The fourth-order valence-corrected chi connectivity index (χ4v) is 3.14. The van der Waals surface area contributed by atoms with Crippen LogP contribution < -0.4 is 14.2 Å². The van der Waals surface area contributed by atoms with Crippen molar-refractivity contribution in [3.05, 3.63) is 64.2 Å². The summed E-state index contributed by atoms with van der Waals surface area (Å²) in [5.74, 6) is 1.52. The van der Waals surface area contributed by atoms with E-state index in [1.807, 2.05) is 26.0 Å². The molecular formula is C23H23ClO5. The highest BCUT2D eigenvalue weighted by Crippen LogP contribution is 2.40. The summed E-state index contributed by atoms with van der Waals surface area (Å²) in [6, 6.07) is 8.64. The van der Waals surface area contributed by atoms with Crippen molar-refractivity contribution in [2.24, 2.45) is 0 Å². The monoisotopic (exact) mass is 414 g/mol. The largest absolute Gasteiger partial charge is 0.496 e. The SMILES string of the molecule is COCOc1ccc(Cl)cc1/C=C/C(=O)c1ccc(OC)c2c1OC(C)(C)C=C2. The van der Waals surface area contributed by atoms with Gasteiger partial charge in [0, 0.05) is 17.7 Å². The fraction of sp³-hybridized carbons (Fsp3) is 0.261. The smallest absolute Gasteiger partial charge is 0.189 e. The van der Waals surface area contributed by atoms with Gasteiger partial charge in [-0.25, -0.2) is 0 Å². The Morgan fingerprint density at radius 1 is 1.17 bits per heavy atom. The van der Waals surface area contributed by atoms with Crippen LogP contribution in [0.5, 0.6) is 17.2 Å². The molecule has 0 N–H and O–H groups in total. The number of methoxy groups -OCH3 is 2. The van der Waals surface area contributed by atoms with Gasteiger partial charge < -0.3 is 18.9 Å². The number of carbonyl (C=O) groups excluding carboxylic acids is 1. The summed E-state index contributed by atoms with van der Waals surface area (Å²) in [4.78, 5) is 13.0. The summed E-state index contributed by atoms with van der Waals surface area (Å²) >= 11 is 6.10. The molecule has 6 heteroatoms. The quantitative estimate of drug-likeness (QED) is 0.344. The van der Waals surface area contributed by atoms with Crippen LogP contribution in [-0.2, 0) is 4.74 Å². The average Bonchev–Trinajstić information content (AvgIpc) is 2.69. The first-order valence-corrected chi connectivity index (χ1v) is 9.45. The predicted octanol–water partition coefficient (Wildman–Crippen LogP) is 5.41. The van der Waals surface area contributed by atoms with Gasteiger partial charge in [0.15, 0.2) is 12.6 Å². The van der Waals surface area contributed by atoms with Crippen LogP contribution >= 0.6 is 11.6 Å². The summed E-state index contributed by atoms with van der Waals surface area (Å²) in [7, 11) is 3.13. The summed E-state index contributed by atoms with van der Waals surface area (Å²) < 4.78 is 22.0. The molecule has 0 fully saturated rings. The molecule has 29 heavy (non-hydrogen) atoms. The van der Waals surface area contributed by atoms with Crippen LogP contribution in [0, 0.1) is 0 Å². The van der Waals surface area contributed by atoms with Crippen molar-refractivity contribution in [3.63, 3.8) is 0 Å². The van der Waals surface area contributed by atoms with E-state index in [1.54, 1.807) is 43.5 Å². The van der Waals surface area contributed by atoms with Crippen LogP contribution in [0.2, 0.25) is 5.02 Å². The van der Waals surface area contributed by atoms with E-state index in [4.69, 9.17) is 30.5 Å². The van der Waals surface area contributed by atoms with Crippen LogP contribution in [0.3, 0.4) is 0 Å². The molecule has 0 amide bonds. The number of rotatable bonds is 7. The second kappa shape index (κ2) is 8.72. The molecule has 1 heterocycles. The van der Waals surface area contributed by atoms with E-state index in [9.17, 15) is 4.79 Å². The maximum atomic E-state index is 13.0. The molecule has 0 bridgehead atoms. The zero-order valence-electron chi connectivity index (χ0n) is 16.8. The lowest BCUT2D eigenvalue weighted by Gasteiger charge is -2.29. The average molecular weight is 415 g/mol. The Kier molecular flexibility index (Phi) is 6.30. The second-order valence-electron chi connectivity index (χ2n) is 7.03. The van der Waals surface area contributed by atoms with Crippen molar-refractivity contribution in [2.75, 3.05) is 21.0 Å². The topological polar surface area (TPSA) is 54.0 Å². The Hall–Kier alpha value is -2.76. The van der Waals surface area contributed by atoms with Crippen molar-refractivity contribution in [1.29, 1.82) is 0 Å². The summed E-state index contributed by atoms with van der Waals surface area (Å²) in [5.41, 5.74) is 1.35. The molecule has 0 spiro atoms. The molecule has 0 aromatic heterocycles. The molecule has 2 aromatic carbocycles. The first-order chi connectivity index (χ1) is 13.8. The fourth-order valence-electron chi connectivity index (χ4n) is 2.96. The highest BCUT2D eigenvalue weighted by atomic mass is 35.5. The van der Waals surface area contributed by atoms with Gasteiger partial charge >= 0.3 is 0 Å². The van der Waals surface area contributed by atoms with Gasteiger partial charge in [0.2, 0.25) is 0 Å². The van der Waals surface area contributed by atoms with Gasteiger partial charge in [0.1, 0.15) is 22.8 Å². The van der Waals surface area contributed by atoms with Crippen LogP contribution in [0.25, 0.3) is 12.2 Å². The molecule has 1 aliphatic heterocycles. The van der Waals surface area contributed by atoms with E-state index in [0.29, 0.717) is 33.4 Å². The Labute approximate surface area is 175 Å². The molecule has 1 aliphatic rings. The molecule has 0 radical (unpaired) electrons. The minimum Gasteiger partial charge on any atom is -0.496 e. The van der Waals surface area contributed by atoms with E-state index in [0.717, 1.165) is 5.56 Å². The summed E-state index contributed by atoms with van der Waals surface area (Å²) in [6.45, 7) is 3.96. The van der Waals surface area contributed by atoms with Crippen molar-refractivity contribution < 1.29 is 23.7 Å². The zero-order chi connectivity index (χ0) is 21.0. The third kappa shape index (κ3) is 4.81. The zero-order valence-corrected chi connectivity index (χ0v) is 17.6. The molecule has 0 unspecified atom stereocenters. The van der Waals surface area contributed by atoms with Gasteiger partial charge in [-0.15, -0.1) is 0 Å². The van der Waals surface area contributed by atoms with E-state index < -0.39 is 5.60 Å². The van der Waals surface area contributed by atoms with Gasteiger partial charge in [-0.05, 0) is 68.5 Å². The Balaban J connectivity index is 1.95. The lowest BCUT2D eigenvalue weighted by Crippen LogP contribution is -2.28. The number of fused-ring (bicyclic) bond motifs is 1. The number of allylic oxidation sites excluding steroid dienone is 1. The van der Waals surface area contributed by atoms with Crippen molar-refractivity contribution in [3.8, 4) is 17.2 Å². The van der Waals surface area contributed by atoms with E-state index in [2.05, 4.69) is 0 Å². The van der Waals surface area contributed by atoms with Gasteiger partial charge in [0.25, 0.3) is 0 Å². The lowest BCUT2D eigenvalue weighted by atomic mass is 9.97. The Bertz CT molecular complexity index is 975. The number of benzene rings is 2. The molecule has 3 rings (SSSR count). The van der Waals surface area contributed by atoms with Crippen LogP contribution in [-0.4, -0.2) is 32.4 Å². The third-order valence-corrected chi connectivity index (χ3v) is 4.61. The standard InChI is InChI=1S/C23H23ClO5/c1-23(2)12-11-18-21(27-4)10-7-17(22(18)29-23)19(25)8-5-15-13-16(24)6-9-20(15)28-14-26-3/h5-13H,14H2,1-4H3/b8-5+. The third-order valence-electron chi connectivity index (χ3n) is 4.38. The molecule has 0 saturated carbocycles. The first kappa shape index (κ1) is 21.0. The van der Waals surface area contributed by atoms with Crippen molar-refractivity contribution in [1.82, 2.24) is 0 Å². The number of ketones is 1. The van der Waals surface area contributed by atoms with Gasteiger partial charge in [0.05, 0.1) is 18.2 Å². The molecule has 2 aromatic rings. The van der Waals surface area contributed by atoms with Gasteiger partial charge in [-0.2, -0.15) is 0 Å². The number of hydrogen-bond donors (Lipinski definition) is 0. The first-order valence-electron chi connectivity index (χ1n) is 9.07. The Morgan fingerprint density at radius 2 is 1.93 bits per heavy atom. The number of halogens is 1. The van der Waals surface area contributed by atoms with E-state index in [1.165, 1.54) is 13.2 Å². The van der Waals surface area contributed by atoms with Crippen molar-refractivity contribution >= 4 is 29.5 Å². The van der Waals surface area contributed by atoms with Gasteiger partial charge in [-0.1, -0.05) is 11.6 Å². The molecule has 5 nitrogen and oxygen atoms in total. The summed E-state index contributed by atoms with van der Waals surface area (Å²) in [6.07, 6.45) is 7.00.